The molecule has 218 valence electrons. The quantitative estimate of drug-likeness (QED) is 0.206. The van der Waals surface area contributed by atoms with Crippen molar-refractivity contribution in [3.8, 4) is 0 Å². The van der Waals surface area contributed by atoms with E-state index in [1.54, 1.807) is 0 Å². The van der Waals surface area contributed by atoms with Crippen molar-refractivity contribution >= 4 is 57.0 Å². The number of para-hydroxylation sites is 2. The largest absolute Gasteiger partial charge is 0.478 e. The van der Waals surface area contributed by atoms with Crippen LogP contribution in [0.15, 0.2) is 72.8 Å². The molecule has 0 aliphatic heterocycles. The molecule has 2 aliphatic rings. The molecule has 0 saturated carbocycles. The third-order valence-electron chi connectivity index (χ3n) is 8.86. The fraction of sp³-hybridized carbons (Fsp3) is 0.211. The molecular weight excluding hydrogens is 548 g/mol. The molecule has 0 radical (unpaired) electrons. The predicted octanol–water partition coefficient (Wildman–Crippen LogP) is 8.71. The van der Waals surface area contributed by atoms with Crippen LogP contribution < -0.4 is 0 Å². The predicted molar refractivity (Wildman–Crippen MR) is 175 cm³/mol. The fourth-order valence-electron chi connectivity index (χ4n) is 6.90. The number of nitrogens with zero attached hydrogens (tertiary/aromatic N) is 2. The van der Waals surface area contributed by atoms with Crippen LogP contribution in [0.4, 0.5) is 0 Å². The second kappa shape index (κ2) is 11.5. The molecule has 2 aliphatic carbocycles. The minimum atomic E-state index is -0.911. The number of carbonyl (C=O) groups is 2. The van der Waals surface area contributed by atoms with Crippen LogP contribution in [-0.2, 0) is 12.8 Å². The lowest BCUT2D eigenvalue weighted by atomic mass is 9.93. The number of carboxylic acid groups (broad SMARTS) is 2. The Morgan fingerprint density at radius 3 is 1.45 bits per heavy atom. The summed E-state index contributed by atoms with van der Waals surface area (Å²) >= 11 is 0. The van der Waals surface area contributed by atoms with Gasteiger partial charge in [-0.1, -0.05) is 54.6 Å². The topological polar surface area (TPSA) is 100 Å². The van der Waals surface area contributed by atoms with E-state index >= 15 is 0 Å². The lowest BCUT2D eigenvalue weighted by Gasteiger charge is -2.15. The highest BCUT2D eigenvalue weighted by Gasteiger charge is 2.25. The average Bonchev–Trinajstić information content (AvgIpc) is 3.34. The van der Waals surface area contributed by atoms with Gasteiger partial charge in [0.1, 0.15) is 0 Å². The Morgan fingerprint density at radius 1 is 0.568 bits per heavy atom. The number of benzene rings is 3. The van der Waals surface area contributed by atoms with Gasteiger partial charge < -0.3 is 10.2 Å². The van der Waals surface area contributed by atoms with E-state index in [0.29, 0.717) is 45.8 Å². The van der Waals surface area contributed by atoms with Gasteiger partial charge in [-0.2, -0.15) is 0 Å². The molecule has 7 rings (SSSR count). The molecule has 0 atom stereocenters. The van der Waals surface area contributed by atoms with Crippen molar-refractivity contribution in [3.63, 3.8) is 0 Å². The van der Waals surface area contributed by atoms with E-state index in [4.69, 9.17) is 9.97 Å². The third kappa shape index (κ3) is 5.06. The highest BCUT2D eigenvalue weighted by Crippen LogP contribution is 2.37. The van der Waals surface area contributed by atoms with Crippen molar-refractivity contribution < 1.29 is 19.8 Å². The van der Waals surface area contributed by atoms with Crippen LogP contribution in [0.25, 0.3) is 45.1 Å². The Morgan fingerprint density at radius 2 is 1.00 bits per heavy atom. The number of pyridine rings is 2. The van der Waals surface area contributed by atoms with Crippen LogP contribution >= 0.6 is 0 Å². The maximum Gasteiger partial charge on any atom is 0.336 e. The first-order chi connectivity index (χ1) is 21.5. The number of aromatic nitrogens is 2. The Bertz CT molecular complexity index is 1900. The van der Waals surface area contributed by atoms with Gasteiger partial charge in [0, 0.05) is 10.8 Å². The number of hydrogen-bond acceptors (Lipinski definition) is 4. The molecule has 5 aromatic rings. The Hall–Kier alpha value is -5.10. The Balaban J connectivity index is 1.33. The minimum absolute atomic E-state index is 0.365. The van der Waals surface area contributed by atoms with Crippen LogP contribution in [0, 0.1) is 0 Å². The van der Waals surface area contributed by atoms with E-state index in [2.05, 4.69) is 30.4 Å². The molecule has 6 heteroatoms. The Labute approximate surface area is 255 Å². The van der Waals surface area contributed by atoms with Crippen molar-refractivity contribution in [3.05, 3.63) is 118 Å². The molecule has 2 heterocycles. The first kappa shape index (κ1) is 27.7. The lowest BCUT2D eigenvalue weighted by Crippen LogP contribution is -2.08. The van der Waals surface area contributed by atoms with Gasteiger partial charge in [-0.05, 0) is 115 Å². The summed E-state index contributed by atoms with van der Waals surface area (Å²) in [7, 11) is 0. The van der Waals surface area contributed by atoms with E-state index in [1.807, 2.05) is 54.6 Å². The normalized spacial score (nSPS) is 16.8. The maximum atomic E-state index is 12.4. The number of rotatable bonds is 4. The molecule has 2 aromatic heterocycles. The van der Waals surface area contributed by atoms with Crippen LogP contribution in [0.1, 0.15) is 92.9 Å². The van der Waals surface area contributed by atoms with Crippen molar-refractivity contribution in [2.75, 3.05) is 0 Å². The molecule has 3 aromatic carbocycles. The van der Waals surface area contributed by atoms with Gasteiger partial charge in [0.15, 0.2) is 0 Å². The number of carboxylic acids is 2. The zero-order valence-electron chi connectivity index (χ0n) is 24.3. The first-order valence-corrected chi connectivity index (χ1v) is 15.3. The van der Waals surface area contributed by atoms with Gasteiger partial charge in [0.05, 0.1) is 33.5 Å². The van der Waals surface area contributed by atoms with Crippen molar-refractivity contribution in [2.24, 2.45) is 0 Å². The SMILES string of the molecule is O=C(O)c1c2c(nc3ccccc13)/C(=C\c1cccc(/C=C3\CCCCc4c3nc3ccccc3c4C(=O)O)c1)CCCC2. The molecule has 2 N–H and O–H groups in total. The van der Waals surface area contributed by atoms with Gasteiger partial charge in [0.2, 0.25) is 0 Å². The van der Waals surface area contributed by atoms with Gasteiger partial charge in [0.25, 0.3) is 0 Å². The van der Waals surface area contributed by atoms with Gasteiger partial charge >= 0.3 is 11.9 Å². The van der Waals surface area contributed by atoms with Crippen LogP contribution in [0.3, 0.4) is 0 Å². The van der Waals surface area contributed by atoms with Crippen LogP contribution in [0.2, 0.25) is 0 Å². The fourth-order valence-corrected chi connectivity index (χ4v) is 6.90. The summed E-state index contributed by atoms with van der Waals surface area (Å²) in [5.41, 5.74) is 9.47. The number of allylic oxidation sites excluding steroid dienone is 2. The molecule has 0 saturated heterocycles. The van der Waals surface area contributed by atoms with Crippen molar-refractivity contribution in [1.29, 1.82) is 0 Å². The summed E-state index contributed by atoms with van der Waals surface area (Å²) < 4.78 is 0. The zero-order chi connectivity index (χ0) is 30.2. The average molecular weight is 581 g/mol. The van der Waals surface area contributed by atoms with Gasteiger partial charge in [-0.3, -0.25) is 0 Å². The molecule has 0 amide bonds. The summed E-state index contributed by atoms with van der Waals surface area (Å²) in [5.74, 6) is -1.82. The number of fused-ring (bicyclic) bond motifs is 4. The van der Waals surface area contributed by atoms with Crippen LogP contribution in [-0.4, -0.2) is 32.1 Å². The molecule has 44 heavy (non-hydrogen) atoms. The Kier molecular flexibility index (Phi) is 7.26. The smallest absolute Gasteiger partial charge is 0.336 e. The zero-order valence-corrected chi connectivity index (χ0v) is 24.3. The van der Waals surface area contributed by atoms with E-state index in [1.165, 1.54) is 0 Å². The maximum absolute atomic E-state index is 12.4. The van der Waals surface area contributed by atoms with Gasteiger partial charge in [-0.25, -0.2) is 19.6 Å². The monoisotopic (exact) mass is 580 g/mol. The summed E-state index contributed by atoms with van der Waals surface area (Å²) in [6.07, 6.45) is 11.1. The molecule has 0 spiro atoms. The van der Waals surface area contributed by atoms with E-state index in [0.717, 1.165) is 83.3 Å². The minimum Gasteiger partial charge on any atom is -0.478 e. The summed E-state index contributed by atoms with van der Waals surface area (Å²) in [6, 6.07) is 23.3. The highest BCUT2D eigenvalue weighted by atomic mass is 16.4. The lowest BCUT2D eigenvalue weighted by molar-refractivity contribution is 0.0686. The van der Waals surface area contributed by atoms with Crippen LogP contribution in [0.5, 0.6) is 0 Å². The van der Waals surface area contributed by atoms with Crippen molar-refractivity contribution in [1.82, 2.24) is 9.97 Å². The third-order valence-corrected chi connectivity index (χ3v) is 8.86. The van der Waals surface area contributed by atoms with Crippen molar-refractivity contribution in [2.45, 2.75) is 51.4 Å². The van der Waals surface area contributed by atoms with E-state index in [9.17, 15) is 19.8 Å². The summed E-state index contributed by atoms with van der Waals surface area (Å²) in [6.45, 7) is 0. The summed E-state index contributed by atoms with van der Waals surface area (Å²) in [4.78, 5) is 34.9. The first-order valence-electron chi connectivity index (χ1n) is 15.3. The molecule has 0 unspecified atom stereocenters. The second-order valence-corrected chi connectivity index (χ2v) is 11.7. The second-order valence-electron chi connectivity index (χ2n) is 11.7. The molecule has 0 fully saturated rings. The molecule has 6 nitrogen and oxygen atoms in total. The molecular formula is C38H32N2O4. The standard InChI is InChI=1S/C38H32N2O4/c41-37(42)33-27-14-5-7-18-31(27)39-35-25(12-1-3-16-29(33)35)21-23-10-9-11-24(20-23)22-26-13-2-4-17-30-34(38(43)44)28-15-6-8-19-32(28)40-36(26)30/h5-11,14-15,18-22H,1-4,12-13,16-17H2,(H,41,42)(H,43,44)/b25-21-,26-22+. The van der Waals surface area contributed by atoms with Gasteiger partial charge in [-0.15, -0.1) is 0 Å². The highest BCUT2D eigenvalue weighted by molar-refractivity contribution is 6.07. The number of aromatic carboxylic acids is 2. The van der Waals surface area contributed by atoms with E-state index < -0.39 is 11.9 Å². The summed E-state index contributed by atoms with van der Waals surface area (Å²) in [5, 5.41) is 21.8. The molecule has 0 bridgehead atoms. The van der Waals surface area contributed by atoms with E-state index in [-0.39, 0.29) is 0 Å². The number of hydrogen-bond donors (Lipinski definition) is 2.